The molecule has 0 radical (unpaired) electrons. The summed E-state index contributed by atoms with van der Waals surface area (Å²) in [6, 6.07) is 3.18. The van der Waals surface area contributed by atoms with Gasteiger partial charge in [-0.3, -0.25) is 14.4 Å². The molecule has 2 bridgehead atoms. The molecule has 1 heterocycles. The third kappa shape index (κ3) is 4.36. The first-order valence-electron chi connectivity index (χ1n) is 10.1. The van der Waals surface area contributed by atoms with Gasteiger partial charge in [-0.1, -0.05) is 20.8 Å². The van der Waals surface area contributed by atoms with Crippen LogP contribution in [0, 0.1) is 16.7 Å². The zero-order valence-corrected chi connectivity index (χ0v) is 17.2. The van der Waals surface area contributed by atoms with Crippen LogP contribution in [0.4, 0.5) is 0 Å². The Labute approximate surface area is 170 Å². The first-order valence-corrected chi connectivity index (χ1v) is 10.1. The number of carbonyl (C=O) groups is 3. The minimum Gasteiger partial charge on any atom is -0.459 e. The number of carbonyl (C=O) groups excluding carboxylic acids is 3. The van der Waals surface area contributed by atoms with Crippen molar-refractivity contribution in [1.29, 1.82) is 0 Å². The third-order valence-corrected chi connectivity index (χ3v) is 6.78. The summed E-state index contributed by atoms with van der Waals surface area (Å²) in [6.07, 6.45) is 5.13. The summed E-state index contributed by atoms with van der Waals surface area (Å²) in [5.41, 5.74) is 3.77. The molecular formula is C21H29N3O5. The van der Waals surface area contributed by atoms with Crippen molar-refractivity contribution in [1.82, 2.24) is 10.7 Å². The maximum Gasteiger partial charge on any atom is 0.306 e. The van der Waals surface area contributed by atoms with Gasteiger partial charge in [0.1, 0.15) is 0 Å². The maximum atomic E-state index is 12.0. The molecule has 0 saturated heterocycles. The van der Waals surface area contributed by atoms with E-state index < -0.39 is 11.9 Å². The molecule has 1 aromatic rings. The highest BCUT2D eigenvalue weighted by atomic mass is 16.5. The van der Waals surface area contributed by atoms with Crippen molar-refractivity contribution in [2.45, 2.75) is 52.9 Å². The highest BCUT2D eigenvalue weighted by Gasteiger charge is 2.60. The number of nitrogens with zero attached hydrogens (tertiary/aromatic N) is 1. The van der Waals surface area contributed by atoms with Crippen molar-refractivity contribution in [2.24, 2.45) is 21.8 Å². The molecule has 2 N–H and O–H groups in total. The van der Waals surface area contributed by atoms with E-state index in [1.807, 2.05) is 0 Å². The molecule has 2 saturated carbocycles. The average Bonchev–Trinajstić information content (AvgIpc) is 3.34. The number of hydrogen-bond donors (Lipinski definition) is 2. The average molecular weight is 403 g/mol. The Bertz CT molecular complexity index is 799. The molecule has 0 aliphatic heterocycles. The Kier molecular flexibility index (Phi) is 6.10. The van der Waals surface area contributed by atoms with E-state index >= 15 is 0 Å². The van der Waals surface area contributed by atoms with E-state index in [0.717, 1.165) is 18.6 Å². The quantitative estimate of drug-likeness (QED) is 0.394. The summed E-state index contributed by atoms with van der Waals surface area (Å²) in [5, 5.41) is 6.98. The second-order valence-electron chi connectivity index (χ2n) is 8.58. The van der Waals surface area contributed by atoms with E-state index in [2.05, 4.69) is 36.6 Å². The molecule has 0 spiro atoms. The largest absolute Gasteiger partial charge is 0.459 e. The number of hydrogen-bond acceptors (Lipinski definition) is 6. The Balaban J connectivity index is 1.32. The van der Waals surface area contributed by atoms with Crippen LogP contribution in [0.1, 0.15) is 63.4 Å². The van der Waals surface area contributed by atoms with E-state index in [4.69, 9.17) is 9.15 Å². The number of nitrogens with one attached hydrogen (secondary N) is 2. The van der Waals surface area contributed by atoms with Crippen LogP contribution in [0.5, 0.6) is 0 Å². The van der Waals surface area contributed by atoms with Crippen molar-refractivity contribution in [3.05, 3.63) is 24.2 Å². The lowest BCUT2D eigenvalue weighted by atomic mass is 9.70. The lowest BCUT2D eigenvalue weighted by Gasteiger charge is -2.34. The van der Waals surface area contributed by atoms with Gasteiger partial charge in [0.25, 0.3) is 11.8 Å². The van der Waals surface area contributed by atoms with Gasteiger partial charge in [-0.2, -0.15) is 5.10 Å². The molecule has 29 heavy (non-hydrogen) atoms. The standard InChI is InChI=1S/C21H29N3O5/c1-20(2)14-8-9-21(20,3)16(12-14)23-24-17(25)13-29-18(26)7-4-10-22-19(27)15-6-5-11-28-15/h5-6,11,14H,4,7-10,12-13H2,1-3H3,(H,22,27)(H,24,25). The molecule has 2 atom stereocenters. The molecule has 2 amide bonds. The Hall–Kier alpha value is -2.64. The molecule has 8 nitrogen and oxygen atoms in total. The fourth-order valence-corrected chi connectivity index (χ4v) is 4.41. The molecular weight excluding hydrogens is 374 g/mol. The number of amides is 2. The molecule has 2 unspecified atom stereocenters. The lowest BCUT2D eigenvalue weighted by molar-refractivity contribution is -0.148. The molecule has 2 aliphatic rings. The predicted octanol–water partition coefficient (Wildman–Crippen LogP) is 2.65. The van der Waals surface area contributed by atoms with Crippen LogP contribution in [0.25, 0.3) is 0 Å². The zero-order valence-electron chi connectivity index (χ0n) is 17.2. The van der Waals surface area contributed by atoms with Crippen molar-refractivity contribution in [3.63, 3.8) is 0 Å². The summed E-state index contributed by atoms with van der Waals surface area (Å²) in [7, 11) is 0. The van der Waals surface area contributed by atoms with Gasteiger partial charge in [-0.15, -0.1) is 0 Å². The molecule has 3 rings (SSSR count). The molecule has 8 heteroatoms. The fraction of sp³-hybridized carbons (Fsp3) is 0.619. The van der Waals surface area contributed by atoms with E-state index in [-0.39, 0.29) is 35.5 Å². The minimum absolute atomic E-state index is 0.0156. The van der Waals surface area contributed by atoms with Crippen molar-refractivity contribution in [3.8, 4) is 0 Å². The fourth-order valence-electron chi connectivity index (χ4n) is 4.41. The smallest absolute Gasteiger partial charge is 0.306 e. The van der Waals surface area contributed by atoms with Gasteiger partial charge in [0.15, 0.2) is 12.4 Å². The van der Waals surface area contributed by atoms with Gasteiger partial charge in [-0.25, -0.2) is 5.43 Å². The summed E-state index contributed by atoms with van der Waals surface area (Å²) in [6.45, 7) is 6.71. The van der Waals surface area contributed by atoms with Gasteiger partial charge in [0.2, 0.25) is 0 Å². The topological polar surface area (TPSA) is 110 Å². The maximum absolute atomic E-state index is 12.0. The first-order chi connectivity index (χ1) is 13.7. The Morgan fingerprint density at radius 1 is 1.31 bits per heavy atom. The monoisotopic (exact) mass is 403 g/mol. The van der Waals surface area contributed by atoms with Crippen LogP contribution in [-0.4, -0.2) is 36.6 Å². The van der Waals surface area contributed by atoms with Crippen LogP contribution >= 0.6 is 0 Å². The lowest BCUT2D eigenvalue weighted by Crippen LogP contribution is -2.35. The molecule has 158 valence electrons. The van der Waals surface area contributed by atoms with E-state index in [1.165, 1.54) is 12.7 Å². The summed E-state index contributed by atoms with van der Waals surface area (Å²) in [5.74, 6) is -0.443. The van der Waals surface area contributed by atoms with E-state index in [0.29, 0.717) is 18.9 Å². The van der Waals surface area contributed by atoms with Crippen molar-refractivity contribution < 1.29 is 23.5 Å². The van der Waals surface area contributed by atoms with Gasteiger partial charge in [-0.05, 0) is 49.1 Å². The molecule has 2 fully saturated rings. The summed E-state index contributed by atoms with van der Waals surface area (Å²) >= 11 is 0. The van der Waals surface area contributed by atoms with E-state index in [9.17, 15) is 14.4 Å². The van der Waals surface area contributed by atoms with E-state index in [1.54, 1.807) is 12.1 Å². The number of fused-ring (bicyclic) bond motifs is 2. The Morgan fingerprint density at radius 2 is 2.10 bits per heavy atom. The number of furan rings is 1. The summed E-state index contributed by atoms with van der Waals surface area (Å²) < 4.78 is 9.95. The molecule has 2 aliphatic carbocycles. The van der Waals surface area contributed by atoms with Gasteiger partial charge < -0.3 is 14.5 Å². The normalized spacial score (nSPS) is 25.8. The van der Waals surface area contributed by atoms with Crippen LogP contribution in [-0.2, 0) is 14.3 Å². The summed E-state index contributed by atoms with van der Waals surface area (Å²) in [4.78, 5) is 35.4. The Morgan fingerprint density at radius 3 is 2.72 bits per heavy atom. The second kappa shape index (κ2) is 8.39. The number of rotatable bonds is 8. The second-order valence-corrected chi connectivity index (χ2v) is 8.58. The molecule has 0 aromatic carbocycles. The van der Waals surface area contributed by atoms with Crippen LogP contribution in [0.3, 0.4) is 0 Å². The number of hydrazone groups is 1. The van der Waals surface area contributed by atoms with Crippen LogP contribution < -0.4 is 10.7 Å². The third-order valence-electron chi connectivity index (χ3n) is 6.78. The molecule has 1 aromatic heterocycles. The highest BCUT2D eigenvalue weighted by Crippen LogP contribution is 2.63. The highest BCUT2D eigenvalue weighted by molar-refractivity contribution is 5.95. The zero-order chi connectivity index (χ0) is 21.1. The number of ether oxygens (including phenoxy) is 1. The van der Waals surface area contributed by atoms with Crippen molar-refractivity contribution in [2.75, 3.05) is 13.2 Å². The van der Waals surface area contributed by atoms with Crippen LogP contribution in [0.2, 0.25) is 0 Å². The van der Waals surface area contributed by atoms with Gasteiger partial charge >= 0.3 is 5.97 Å². The van der Waals surface area contributed by atoms with Crippen molar-refractivity contribution >= 4 is 23.5 Å². The predicted molar refractivity (Wildman–Crippen MR) is 106 cm³/mol. The SMILES string of the molecule is CC12CCC(CC1=NNC(=O)COC(=O)CCCNC(=O)c1ccco1)C2(C)C. The van der Waals surface area contributed by atoms with Gasteiger partial charge in [0.05, 0.1) is 6.26 Å². The van der Waals surface area contributed by atoms with Gasteiger partial charge in [0, 0.05) is 24.1 Å². The number of esters is 1. The minimum atomic E-state index is -0.493. The first kappa shape index (κ1) is 21.1. The van der Waals surface area contributed by atoms with Crippen LogP contribution in [0.15, 0.2) is 27.9 Å².